The molecule has 436 valence electrons. The van der Waals surface area contributed by atoms with E-state index in [1.54, 1.807) is 57.7 Å². The van der Waals surface area contributed by atoms with Gasteiger partial charge < -0.3 is 18.9 Å². The normalized spacial score (nSPS) is 30.8. The second kappa shape index (κ2) is 23.3. The summed E-state index contributed by atoms with van der Waals surface area (Å²) >= 11 is 13.8. The van der Waals surface area contributed by atoms with E-state index in [1.807, 2.05) is 13.8 Å². The van der Waals surface area contributed by atoms with Crippen molar-refractivity contribution in [1.29, 1.82) is 0 Å². The first kappa shape index (κ1) is 66.2. The molecule has 86 heavy (non-hydrogen) atoms. The number of benzene rings is 2. The van der Waals surface area contributed by atoms with Gasteiger partial charge in [-0.3, -0.25) is 78.4 Å². The van der Waals surface area contributed by atoms with Crippen molar-refractivity contribution in [2.45, 2.75) is 101 Å². The molecule has 2 aromatic carbocycles. The van der Waals surface area contributed by atoms with Crippen molar-refractivity contribution in [1.82, 2.24) is 78.4 Å². The number of urea groups is 8. The van der Waals surface area contributed by atoms with Crippen LogP contribution in [0.4, 0.5) is 38.4 Å². The minimum atomic E-state index is -1.48. The molecule has 0 spiro atoms. The van der Waals surface area contributed by atoms with E-state index in [0.717, 1.165) is 0 Å². The van der Waals surface area contributed by atoms with Gasteiger partial charge in [-0.05, 0) is 52.0 Å². The van der Waals surface area contributed by atoms with Gasteiger partial charge in [-0.25, -0.2) is 38.4 Å². The van der Waals surface area contributed by atoms with Crippen LogP contribution in [-0.4, -0.2) is 413 Å². The number of halogens is 4. The van der Waals surface area contributed by atoms with Crippen molar-refractivity contribution in [2.75, 3.05) is 87.8 Å². The number of nitrogens with zero attached hydrogens (tertiary/aromatic N) is 16. The summed E-state index contributed by atoms with van der Waals surface area (Å²) in [4.78, 5) is 148. The van der Waals surface area contributed by atoms with Crippen molar-refractivity contribution in [3.8, 4) is 23.0 Å². The third-order valence-electron chi connectivity index (χ3n) is 20.0. The molecule has 0 saturated carbocycles. The van der Waals surface area contributed by atoms with Crippen LogP contribution in [0, 0.1) is 0 Å². The van der Waals surface area contributed by atoms with Crippen LogP contribution < -0.4 is 18.9 Å². The largest absolute Gasteiger partial charge is 2.00 e. The number of hydrogen-bond acceptors (Lipinski definition) is 12. The molecule has 0 aromatic heterocycles. The van der Waals surface area contributed by atoms with Crippen LogP contribution in [0.2, 0.25) is 0 Å². The predicted molar refractivity (Wildman–Crippen MR) is 318 cm³/mol. The van der Waals surface area contributed by atoms with Crippen LogP contribution in [-0.2, 0) is 26.2 Å². The van der Waals surface area contributed by atoms with E-state index in [9.17, 15) is 0 Å². The fraction of sp³-hybridized carbons (Fsp3) is 0.600. The van der Waals surface area contributed by atoms with E-state index in [0.29, 0.717) is 93.0 Å². The van der Waals surface area contributed by atoms with Crippen LogP contribution in [0.5, 0.6) is 23.0 Å². The summed E-state index contributed by atoms with van der Waals surface area (Å²) in [5.41, 5.74) is -3.02. The summed E-state index contributed by atoms with van der Waals surface area (Å²) < 4.78 is 24.9. The first-order chi connectivity index (χ1) is 39.4. The number of carbonyl (C=O) groups is 8. The molecular weight excluding hydrogens is 1500 g/mol. The molecule has 13 heterocycles. The molecule has 11 saturated heterocycles. The Morgan fingerprint density at radius 3 is 0.709 bits per heavy atom. The molecule has 0 N–H and O–H groups in total. The van der Waals surface area contributed by atoms with Gasteiger partial charge in [0.15, 0.2) is 47.3 Å². The summed E-state index contributed by atoms with van der Waals surface area (Å²) in [5, 5.41) is 2.18. The number of ether oxygens (including phenoxy) is 4. The Bertz CT molecular complexity index is 2900. The topological polar surface area (TPSA) is 225 Å². The van der Waals surface area contributed by atoms with Gasteiger partial charge in [-0.15, -0.1) is 0 Å². The molecule has 13 aliphatic heterocycles. The molecule has 0 radical (unpaired) electrons. The maximum Gasteiger partial charge on any atom is 2.00 e. The maximum absolute atomic E-state index is 15.5. The zero-order valence-electron chi connectivity index (χ0n) is 47.7. The molecule has 2 aromatic rings. The number of amides is 16. The molecule has 13 aliphatic rings. The smallest absolute Gasteiger partial charge is 0.492 e. The first-order valence-corrected chi connectivity index (χ1v) is 31.6. The Morgan fingerprint density at radius 2 is 0.512 bits per heavy atom. The summed E-state index contributed by atoms with van der Waals surface area (Å²) in [5.74, 6) is 2.12. The van der Waals surface area contributed by atoms with Crippen LogP contribution in [0.15, 0.2) is 24.3 Å². The molecule has 16 amide bonds. The van der Waals surface area contributed by atoms with E-state index in [4.69, 9.17) is 18.9 Å². The van der Waals surface area contributed by atoms with E-state index >= 15 is 38.4 Å². The minimum Gasteiger partial charge on any atom is -0.492 e. The van der Waals surface area contributed by atoms with Gasteiger partial charge in [-0.2, -0.15) is 0 Å². The standard InChI is InChI=1S/C50H56Br4N16O12.4Ca/c1-47-49(3)67-23-59-37-35-55(39(59)71)21-57-36-38-61(41(57)73)25-69-45(77)65-19-29-30(34(82-16-12-54)8-7-33(29)81-15-11-53)20-66-46(78)70(50(69,4)48(65,66)2)26-62(38)42(74)58(36)22-56(35)40(72)60(37)24-68(49)44(76)64(47)18-28-27(17-63(47)43(67)75)31(79-13-9-51)5-6-32(28)80-14-10-52;;;;/h5-8,35-38H,9-26H2,1-4H3;;;;/q;4*+2. The molecule has 0 aliphatic carbocycles. The van der Waals surface area contributed by atoms with Crippen molar-refractivity contribution in [2.24, 2.45) is 0 Å². The number of alkyl halides is 4. The van der Waals surface area contributed by atoms with Crippen LogP contribution in [0.3, 0.4) is 0 Å². The average molecular weight is 1550 g/mol. The molecule has 28 nitrogen and oxygen atoms in total. The fourth-order valence-corrected chi connectivity index (χ4v) is 16.4. The zero-order valence-corrected chi connectivity index (χ0v) is 62.9. The summed E-state index contributed by atoms with van der Waals surface area (Å²) in [6.45, 7) is 6.44. The zero-order chi connectivity index (χ0) is 57.2. The first-order valence-electron chi connectivity index (χ1n) is 27.1. The van der Waals surface area contributed by atoms with Crippen molar-refractivity contribution >= 4 is 263 Å². The molecule has 36 heteroatoms. The van der Waals surface area contributed by atoms with Gasteiger partial charge in [0.25, 0.3) is 0 Å². The van der Waals surface area contributed by atoms with Gasteiger partial charge in [-0.1, -0.05) is 63.7 Å². The average Bonchev–Trinajstić information content (AvgIpc) is 1.52. The number of rotatable bonds is 12. The Morgan fingerprint density at radius 1 is 0.326 bits per heavy atom. The Labute approximate surface area is 647 Å². The van der Waals surface area contributed by atoms with Crippen LogP contribution >= 0.6 is 63.7 Å². The van der Waals surface area contributed by atoms with E-state index in [2.05, 4.69) is 63.7 Å². The van der Waals surface area contributed by atoms with Crippen molar-refractivity contribution in [3.05, 3.63) is 46.5 Å². The minimum absolute atomic E-state index is 0. The molecular formula is C50H56Br4Ca4N16O12+8. The molecule has 15 rings (SSSR count). The van der Waals surface area contributed by atoms with Gasteiger partial charge in [0, 0.05) is 43.6 Å². The Hall–Kier alpha value is -1.24. The maximum atomic E-state index is 15.5. The number of hydrogen-bond donors (Lipinski definition) is 0. The second-order valence-corrected chi connectivity index (χ2v) is 26.0. The summed E-state index contributed by atoms with van der Waals surface area (Å²) in [6.07, 6.45) is -4.42. The number of fused-ring (bicyclic) bond motifs is 2. The van der Waals surface area contributed by atoms with Crippen LogP contribution in [0.25, 0.3) is 0 Å². The predicted octanol–water partition coefficient (Wildman–Crippen LogP) is 2.84. The monoisotopic (exact) mass is 1550 g/mol. The van der Waals surface area contributed by atoms with E-state index in [1.165, 1.54) is 58.8 Å². The third-order valence-corrected chi connectivity index (χ3v) is 21.3. The van der Waals surface area contributed by atoms with Gasteiger partial charge in [0.05, 0.1) is 52.6 Å². The quantitative estimate of drug-likeness (QED) is 0.221. The summed E-state index contributed by atoms with van der Waals surface area (Å²) in [7, 11) is 0. The van der Waals surface area contributed by atoms with Crippen molar-refractivity contribution in [3.63, 3.8) is 0 Å². The number of carbonyl (C=O) groups excluding carboxylic acids is 8. The van der Waals surface area contributed by atoms with Crippen molar-refractivity contribution < 1.29 is 57.3 Å². The van der Waals surface area contributed by atoms with E-state index < -0.39 is 109 Å². The Kier molecular flexibility index (Phi) is 18.0. The Balaban J connectivity index is 0.00000192. The van der Waals surface area contributed by atoms with Crippen LogP contribution in [0.1, 0.15) is 49.9 Å². The second-order valence-electron chi connectivity index (χ2n) is 22.8. The molecule has 11 fully saturated rings. The molecule has 0 bridgehead atoms. The van der Waals surface area contributed by atoms with Gasteiger partial charge in [0.1, 0.15) is 63.0 Å². The molecule has 0 atom stereocenters. The third kappa shape index (κ3) is 8.26. The van der Waals surface area contributed by atoms with E-state index in [-0.39, 0.29) is 204 Å². The fourth-order valence-electron chi connectivity index (χ4n) is 15.8. The van der Waals surface area contributed by atoms with Gasteiger partial charge >= 0.3 is 199 Å². The summed E-state index contributed by atoms with van der Waals surface area (Å²) in [6, 6.07) is 3.02. The van der Waals surface area contributed by atoms with Gasteiger partial charge in [0.2, 0.25) is 0 Å². The SMILES string of the molecule is CC12N3Cc4c(OCCBr)ccc(OCCBr)c4CN1C(=O)N1CN4C(=O)N5CN6C(=O)N7CN8C(=O)N9Cc%10c(OCCBr)ccc(OCCBr)c%10CN%10C(=O)N(CN%11C(=O)N(CN%12C(=O)N(CN(C3=O)C12C)C4C%125)C6C%117)C8(C)C%109C.[Ca+2].[Ca+2].[Ca+2].[Ca+2]. The molecule has 0 unspecified atom stereocenters.